The molecule has 0 saturated carbocycles. The van der Waals surface area contributed by atoms with Crippen molar-refractivity contribution in [1.82, 2.24) is 14.7 Å². The Balaban J connectivity index is 1.55. The molecule has 5 N–H and O–H groups in total. The normalized spacial score (nSPS) is 11.4. The first-order valence-corrected chi connectivity index (χ1v) is 11.3. The van der Waals surface area contributed by atoms with Gasteiger partial charge in [-0.25, -0.2) is 18.1 Å². The van der Waals surface area contributed by atoms with E-state index in [9.17, 15) is 18.0 Å². The van der Waals surface area contributed by atoms with Crippen molar-refractivity contribution in [2.24, 2.45) is 5.73 Å². The fraction of sp³-hybridized carbons (Fsp3) is 0.211. The predicted molar refractivity (Wildman–Crippen MR) is 115 cm³/mol. The number of hydrogen-bond donors (Lipinski definition) is 4. The topological polar surface area (TPSA) is 147 Å². The minimum Gasteiger partial charge on any atom is -0.364 e. The van der Waals surface area contributed by atoms with Gasteiger partial charge in [-0.15, -0.1) is 11.3 Å². The van der Waals surface area contributed by atoms with Gasteiger partial charge >= 0.3 is 0 Å². The van der Waals surface area contributed by atoms with Crippen LogP contribution in [-0.4, -0.2) is 36.7 Å². The molecule has 1 aromatic carbocycles. The number of amides is 2. The largest absolute Gasteiger partial charge is 0.364 e. The second kappa shape index (κ2) is 8.78. The number of aryl methyl sites for hydroxylation is 2. The smallest absolute Gasteiger partial charge is 0.265 e. The summed E-state index contributed by atoms with van der Waals surface area (Å²) in [4.78, 5) is 30.5. The number of benzene rings is 1. The molecule has 9 nitrogen and oxygen atoms in total. The Morgan fingerprint density at radius 3 is 2.67 bits per heavy atom. The number of aromatic amines is 1. The average molecular weight is 448 g/mol. The third-order valence-corrected chi connectivity index (χ3v) is 6.64. The number of carbonyl (C=O) groups excluding carboxylic acids is 2. The molecular formula is C19H21N5O4S2. The van der Waals surface area contributed by atoms with Gasteiger partial charge in [0.1, 0.15) is 5.69 Å². The SMILES string of the molecule is Cc1ccc(S(=O)(=O)NCCC(=O)Nc2nc(-c3c[nH]c(C(N)=O)c3)cs2)c(C)c1. The lowest BCUT2D eigenvalue weighted by molar-refractivity contribution is -0.116. The van der Waals surface area contributed by atoms with Crippen LogP contribution in [0.1, 0.15) is 28.0 Å². The lowest BCUT2D eigenvalue weighted by Gasteiger charge is -2.09. The molecule has 2 amide bonds. The molecule has 0 saturated heterocycles. The number of aromatic nitrogens is 2. The van der Waals surface area contributed by atoms with Crippen molar-refractivity contribution in [2.75, 3.05) is 11.9 Å². The Kier molecular flexibility index (Phi) is 6.34. The number of carbonyl (C=O) groups is 2. The van der Waals surface area contributed by atoms with Crippen LogP contribution in [0, 0.1) is 13.8 Å². The number of nitrogens with one attached hydrogen (secondary N) is 3. The zero-order valence-corrected chi connectivity index (χ0v) is 18.0. The van der Waals surface area contributed by atoms with Crippen molar-refractivity contribution >= 4 is 38.3 Å². The summed E-state index contributed by atoms with van der Waals surface area (Å²) in [7, 11) is -3.70. The first-order valence-electron chi connectivity index (χ1n) is 8.96. The number of nitrogens with two attached hydrogens (primary N) is 1. The lowest BCUT2D eigenvalue weighted by Crippen LogP contribution is -2.28. The minimum atomic E-state index is -3.70. The molecule has 0 aliphatic heterocycles. The summed E-state index contributed by atoms with van der Waals surface area (Å²) in [5.41, 5.74) is 8.34. The first kappa shape index (κ1) is 21.7. The summed E-state index contributed by atoms with van der Waals surface area (Å²) in [6.07, 6.45) is 1.55. The van der Waals surface area contributed by atoms with Gasteiger partial charge in [0, 0.05) is 30.1 Å². The highest BCUT2D eigenvalue weighted by atomic mass is 32.2. The van der Waals surface area contributed by atoms with Gasteiger partial charge < -0.3 is 16.0 Å². The van der Waals surface area contributed by atoms with Gasteiger partial charge in [0.15, 0.2) is 5.13 Å². The highest BCUT2D eigenvalue weighted by molar-refractivity contribution is 7.89. The van der Waals surface area contributed by atoms with Gasteiger partial charge in [-0.1, -0.05) is 17.7 Å². The van der Waals surface area contributed by atoms with Crippen molar-refractivity contribution in [3.63, 3.8) is 0 Å². The zero-order valence-electron chi connectivity index (χ0n) is 16.4. The van der Waals surface area contributed by atoms with E-state index in [1.807, 2.05) is 6.92 Å². The third-order valence-electron chi connectivity index (χ3n) is 4.26. The monoisotopic (exact) mass is 447 g/mol. The number of nitrogens with zero attached hydrogens (tertiary/aromatic N) is 1. The Morgan fingerprint density at radius 1 is 1.23 bits per heavy atom. The molecule has 0 radical (unpaired) electrons. The summed E-state index contributed by atoms with van der Waals surface area (Å²) < 4.78 is 27.3. The summed E-state index contributed by atoms with van der Waals surface area (Å²) in [6, 6.07) is 6.64. The molecule has 158 valence electrons. The second-order valence-electron chi connectivity index (χ2n) is 6.67. The van der Waals surface area contributed by atoms with E-state index < -0.39 is 15.9 Å². The molecule has 0 spiro atoms. The molecule has 0 bridgehead atoms. The number of H-pyrrole nitrogens is 1. The summed E-state index contributed by atoms with van der Waals surface area (Å²) in [6.45, 7) is 3.57. The number of thiazole rings is 1. The fourth-order valence-electron chi connectivity index (χ4n) is 2.81. The Labute approximate surface area is 177 Å². The van der Waals surface area contributed by atoms with Gasteiger partial charge in [-0.05, 0) is 31.5 Å². The Morgan fingerprint density at radius 2 is 2.00 bits per heavy atom. The molecule has 30 heavy (non-hydrogen) atoms. The van der Waals surface area contributed by atoms with Crippen LogP contribution in [0.15, 0.2) is 40.7 Å². The van der Waals surface area contributed by atoms with Crippen molar-refractivity contribution in [3.8, 4) is 11.3 Å². The van der Waals surface area contributed by atoms with Crippen molar-refractivity contribution in [2.45, 2.75) is 25.2 Å². The molecule has 0 atom stereocenters. The maximum Gasteiger partial charge on any atom is 0.265 e. The molecule has 0 fully saturated rings. The number of hydrogen-bond acceptors (Lipinski definition) is 6. The van der Waals surface area contributed by atoms with Crippen LogP contribution < -0.4 is 15.8 Å². The van der Waals surface area contributed by atoms with Crippen LogP contribution in [0.25, 0.3) is 11.3 Å². The average Bonchev–Trinajstić information content (AvgIpc) is 3.30. The van der Waals surface area contributed by atoms with Gasteiger partial charge in [0.05, 0.1) is 10.6 Å². The van der Waals surface area contributed by atoms with Crippen molar-refractivity contribution in [3.05, 3.63) is 52.7 Å². The number of rotatable bonds is 8. The van der Waals surface area contributed by atoms with E-state index in [0.717, 1.165) is 5.56 Å². The maximum atomic E-state index is 12.4. The van der Waals surface area contributed by atoms with Crippen molar-refractivity contribution in [1.29, 1.82) is 0 Å². The van der Waals surface area contributed by atoms with E-state index in [-0.39, 0.29) is 29.5 Å². The number of sulfonamides is 1. The van der Waals surface area contributed by atoms with Gasteiger partial charge in [0.2, 0.25) is 15.9 Å². The second-order valence-corrected chi connectivity index (χ2v) is 9.26. The zero-order chi connectivity index (χ0) is 21.9. The molecular weight excluding hydrogens is 426 g/mol. The molecule has 2 aromatic heterocycles. The lowest BCUT2D eigenvalue weighted by atomic mass is 10.2. The minimum absolute atomic E-state index is 0.0422. The van der Waals surface area contributed by atoms with E-state index in [4.69, 9.17) is 5.73 Å². The Hall–Kier alpha value is -3.02. The molecule has 11 heteroatoms. The standard InChI is InChI=1S/C19H21N5O4S2/c1-11-3-4-16(12(2)7-11)30(27,28)22-6-5-17(25)24-19-23-15(10-29-19)13-8-14(18(20)26)21-9-13/h3-4,7-10,21-22H,5-6H2,1-2H3,(H2,20,26)(H,23,24,25). The predicted octanol–water partition coefficient (Wildman–Crippen LogP) is 2.16. The summed E-state index contributed by atoms with van der Waals surface area (Å²) in [5.74, 6) is -0.945. The van der Waals surface area contributed by atoms with E-state index in [1.165, 1.54) is 11.3 Å². The van der Waals surface area contributed by atoms with E-state index in [2.05, 4.69) is 20.0 Å². The van der Waals surface area contributed by atoms with Crippen LogP contribution >= 0.6 is 11.3 Å². The quantitative estimate of drug-likeness (QED) is 0.418. The highest BCUT2D eigenvalue weighted by Gasteiger charge is 2.17. The molecule has 0 unspecified atom stereocenters. The molecule has 0 aliphatic rings. The van der Waals surface area contributed by atoms with E-state index in [1.54, 1.807) is 42.8 Å². The summed E-state index contributed by atoms with van der Waals surface area (Å²) in [5, 5.41) is 4.74. The number of anilines is 1. The van der Waals surface area contributed by atoms with Crippen LogP contribution in [-0.2, 0) is 14.8 Å². The highest BCUT2D eigenvalue weighted by Crippen LogP contribution is 2.25. The van der Waals surface area contributed by atoms with Gasteiger partial charge in [-0.2, -0.15) is 0 Å². The van der Waals surface area contributed by atoms with E-state index in [0.29, 0.717) is 22.0 Å². The van der Waals surface area contributed by atoms with Crippen LogP contribution in [0.2, 0.25) is 0 Å². The maximum absolute atomic E-state index is 12.4. The van der Waals surface area contributed by atoms with Gasteiger partial charge in [-0.3, -0.25) is 9.59 Å². The molecule has 3 rings (SSSR count). The molecule has 3 aromatic rings. The van der Waals surface area contributed by atoms with E-state index >= 15 is 0 Å². The summed E-state index contributed by atoms with van der Waals surface area (Å²) >= 11 is 1.22. The number of primary amides is 1. The van der Waals surface area contributed by atoms with Gasteiger partial charge in [0.25, 0.3) is 5.91 Å². The third kappa shape index (κ3) is 5.12. The Bertz CT molecular complexity index is 1200. The van der Waals surface area contributed by atoms with Crippen molar-refractivity contribution < 1.29 is 18.0 Å². The molecule has 2 heterocycles. The molecule has 0 aliphatic carbocycles. The first-order chi connectivity index (χ1) is 14.2. The fourth-order valence-corrected chi connectivity index (χ4v) is 4.80. The van der Waals surface area contributed by atoms with Crippen LogP contribution in [0.4, 0.5) is 5.13 Å². The van der Waals surface area contributed by atoms with Crippen LogP contribution in [0.3, 0.4) is 0 Å². The van der Waals surface area contributed by atoms with Crippen LogP contribution in [0.5, 0.6) is 0 Å².